The third-order valence-corrected chi connectivity index (χ3v) is 9.70. The van der Waals surface area contributed by atoms with Crippen LogP contribution >= 0.6 is 15.9 Å². The predicted octanol–water partition coefficient (Wildman–Crippen LogP) is 5.26. The molecule has 0 heterocycles. The Bertz CT molecular complexity index is 1820. The number of sulfonamides is 1. The molecule has 0 radical (unpaired) electrons. The predicted molar refractivity (Wildman–Crippen MR) is 169 cm³/mol. The zero-order valence-electron chi connectivity index (χ0n) is 23.6. The monoisotopic (exact) mass is 683 g/mol. The Morgan fingerprint density at radius 1 is 0.791 bits per heavy atom. The highest BCUT2D eigenvalue weighted by molar-refractivity contribution is 9.10. The molecule has 224 valence electrons. The molecule has 0 saturated carbocycles. The Hall–Kier alpha value is -3.84. The van der Waals surface area contributed by atoms with Crippen LogP contribution in [0.1, 0.15) is 29.2 Å². The number of carbonyl (C=O) groups excluding carboxylic acids is 1. The van der Waals surface area contributed by atoms with Crippen LogP contribution in [0.2, 0.25) is 0 Å². The molecule has 0 aliphatic carbocycles. The van der Waals surface area contributed by atoms with Crippen molar-refractivity contribution in [2.24, 2.45) is 5.10 Å². The van der Waals surface area contributed by atoms with Crippen molar-refractivity contribution in [1.82, 2.24) is 10.1 Å². The zero-order chi connectivity index (χ0) is 31.2. The third-order valence-electron chi connectivity index (χ3n) is 6.42. The summed E-state index contributed by atoms with van der Waals surface area (Å²) in [6.07, 6.45) is -0.0469. The average Bonchev–Trinajstić information content (AvgIpc) is 2.97. The van der Waals surface area contributed by atoms with E-state index in [0.29, 0.717) is 11.3 Å². The fourth-order valence-electron chi connectivity index (χ4n) is 3.93. The van der Waals surface area contributed by atoms with Crippen LogP contribution < -0.4 is 14.3 Å². The van der Waals surface area contributed by atoms with Crippen molar-refractivity contribution < 1.29 is 25.8 Å². The van der Waals surface area contributed by atoms with Gasteiger partial charge in [0.1, 0.15) is 16.7 Å². The normalized spacial score (nSPS) is 12.9. The Labute approximate surface area is 260 Å². The fraction of sp³-hybridized carbons (Fsp3) is 0.161. The van der Waals surface area contributed by atoms with E-state index in [1.54, 1.807) is 43.3 Å². The topological polar surface area (TPSA) is 131 Å². The quantitative estimate of drug-likeness (QED) is 0.126. The van der Waals surface area contributed by atoms with Gasteiger partial charge in [0.15, 0.2) is 0 Å². The second-order valence-corrected chi connectivity index (χ2v) is 14.0. The first-order valence-corrected chi connectivity index (χ1v) is 16.8. The number of halogens is 1. The van der Waals surface area contributed by atoms with E-state index in [2.05, 4.69) is 31.2 Å². The average molecular weight is 685 g/mol. The Kier molecular flexibility index (Phi) is 10.2. The number of carbonyl (C=O) groups is 1. The summed E-state index contributed by atoms with van der Waals surface area (Å²) in [6.45, 7) is 5.41. The van der Waals surface area contributed by atoms with Gasteiger partial charge in [-0.1, -0.05) is 75.6 Å². The van der Waals surface area contributed by atoms with Crippen LogP contribution in [0.5, 0.6) is 5.75 Å². The lowest BCUT2D eigenvalue weighted by Gasteiger charge is -2.18. The number of aryl methyl sites for hydroxylation is 2. The van der Waals surface area contributed by atoms with E-state index in [9.17, 15) is 21.6 Å². The molecule has 4 aromatic rings. The van der Waals surface area contributed by atoms with Gasteiger partial charge in [0.2, 0.25) is 10.0 Å². The molecule has 0 aliphatic rings. The van der Waals surface area contributed by atoms with Crippen LogP contribution in [0, 0.1) is 13.8 Å². The molecular weight excluding hydrogens is 654 g/mol. The molecular formula is C31H30BrN3O6S2. The molecule has 4 rings (SSSR count). The van der Waals surface area contributed by atoms with Crippen molar-refractivity contribution in [3.8, 4) is 5.75 Å². The summed E-state index contributed by atoms with van der Waals surface area (Å²) in [6, 6.07) is 24.6. The summed E-state index contributed by atoms with van der Waals surface area (Å²) in [4.78, 5) is 13.3. The van der Waals surface area contributed by atoms with Gasteiger partial charge >= 0.3 is 10.1 Å². The SMILES string of the molecule is C/C(=N\NC(=O)C(Cc1ccc(OS(=O)(=O)c2ccc(C)cc2)cc1)NS(=O)(=O)c1ccc(C)cc1)c1ccc(Br)cc1. The van der Waals surface area contributed by atoms with Crippen molar-refractivity contribution in [3.63, 3.8) is 0 Å². The summed E-state index contributed by atoms with van der Waals surface area (Å²) >= 11 is 3.38. The van der Waals surface area contributed by atoms with Gasteiger partial charge in [-0.25, -0.2) is 13.8 Å². The van der Waals surface area contributed by atoms with Gasteiger partial charge in [-0.3, -0.25) is 4.79 Å². The largest absolute Gasteiger partial charge is 0.379 e. The molecule has 43 heavy (non-hydrogen) atoms. The highest BCUT2D eigenvalue weighted by atomic mass is 79.9. The molecule has 0 aliphatic heterocycles. The lowest BCUT2D eigenvalue weighted by Crippen LogP contribution is -2.46. The van der Waals surface area contributed by atoms with Gasteiger partial charge in [-0.15, -0.1) is 0 Å². The smallest absolute Gasteiger partial charge is 0.339 e. The van der Waals surface area contributed by atoms with Gasteiger partial charge < -0.3 is 4.18 Å². The Balaban J connectivity index is 1.54. The van der Waals surface area contributed by atoms with E-state index in [4.69, 9.17) is 4.18 Å². The van der Waals surface area contributed by atoms with E-state index < -0.39 is 32.1 Å². The number of amides is 1. The van der Waals surface area contributed by atoms with Crippen LogP contribution in [-0.2, 0) is 31.4 Å². The van der Waals surface area contributed by atoms with Gasteiger partial charge in [0, 0.05) is 4.47 Å². The second-order valence-electron chi connectivity index (χ2n) is 9.87. The van der Waals surface area contributed by atoms with Crippen LogP contribution in [0.3, 0.4) is 0 Å². The lowest BCUT2D eigenvalue weighted by molar-refractivity contribution is -0.122. The number of hydrogen-bond acceptors (Lipinski definition) is 7. The molecule has 0 saturated heterocycles. The van der Waals surface area contributed by atoms with Gasteiger partial charge in [-0.2, -0.15) is 18.2 Å². The molecule has 0 bridgehead atoms. The molecule has 4 aromatic carbocycles. The first kappa shape index (κ1) is 32.1. The first-order valence-electron chi connectivity index (χ1n) is 13.1. The zero-order valence-corrected chi connectivity index (χ0v) is 26.8. The van der Waals surface area contributed by atoms with Crippen LogP contribution in [0.15, 0.2) is 116 Å². The minimum atomic E-state index is -4.07. The van der Waals surface area contributed by atoms with E-state index in [1.807, 2.05) is 38.1 Å². The number of benzene rings is 4. The Morgan fingerprint density at radius 3 is 1.88 bits per heavy atom. The molecule has 9 nitrogen and oxygen atoms in total. The fourth-order valence-corrected chi connectivity index (χ4v) is 6.32. The number of nitrogens with zero attached hydrogens (tertiary/aromatic N) is 1. The molecule has 0 spiro atoms. The minimum absolute atomic E-state index is 0.00973. The van der Waals surface area contributed by atoms with Crippen molar-refractivity contribution in [3.05, 3.63) is 124 Å². The van der Waals surface area contributed by atoms with E-state index in [0.717, 1.165) is 21.2 Å². The van der Waals surface area contributed by atoms with Crippen LogP contribution in [-0.4, -0.2) is 34.5 Å². The summed E-state index contributed by atoms with van der Waals surface area (Å²) in [7, 11) is -8.12. The maximum absolute atomic E-state index is 13.3. The number of hydrogen-bond donors (Lipinski definition) is 2. The molecule has 1 atom stereocenters. The second kappa shape index (κ2) is 13.6. The maximum Gasteiger partial charge on any atom is 0.339 e. The van der Waals surface area contributed by atoms with E-state index in [-0.39, 0.29) is 22.0 Å². The summed E-state index contributed by atoms with van der Waals surface area (Å²) < 4.78 is 60.3. The van der Waals surface area contributed by atoms with Gasteiger partial charge in [0.25, 0.3) is 5.91 Å². The van der Waals surface area contributed by atoms with Gasteiger partial charge in [-0.05, 0) is 86.8 Å². The Morgan fingerprint density at radius 2 is 1.33 bits per heavy atom. The molecule has 0 aromatic heterocycles. The number of hydrazone groups is 1. The first-order chi connectivity index (χ1) is 20.3. The van der Waals surface area contributed by atoms with E-state index >= 15 is 0 Å². The van der Waals surface area contributed by atoms with Crippen molar-refractivity contribution in [1.29, 1.82) is 0 Å². The highest BCUT2D eigenvalue weighted by Gasteiger charge is 2.26. The van der Waals surface area contributed by atoms with Crippen LogP contribution in [0.4, 0.5) is 0 Å². The molecule has 0 fully saturated rings. The molecule has 1 amide bonds. The molecule has 1 unspecified atom stereocenters. The number of rotatable bonds is 11. The standard InChI is InChI=1S/C31H30BrN3O6S2/c1-21-4-16-28(17-5-21)42(37,38)35-30(31(36)34-33-23(3)25-10-12-26(32)13-11-25)20-24-8-14-27(15-9-24)41-43(39,40)29-18-6-22(2)7-19-29/h4-19,30,35H,20H2,1-3H3,(H,34,36)/b33-23+. The minimum Gasteiger partial charge on any atom is -0.379 e. The van der Waals surface area contributed by atoms with Crippen LogP contribution in [0.25, 0.3) is 0 Å². The van der Waals surface area contributed by atoms with Crippen molar-refractivity contribution in [2.45, 2.75) is 43.0 Å². The molecule has 12 heteroatoms. The van der Waals surface area contributed by atoms with E-state index in [1.165, 1.54) is 36.4 Å². The molecule has 2 N–H and O–H groups in total. The van der Waals surface area contributed by atoms with Gasteiger partial charge in [0.05, 0.1) is 10.6 Å². The summed E-state index contributed by atoms with van der Waals surface area (Å²) in [5, 5.41) is 4.17. The maximum atomic E-state index is 13.3. The number of nitrogens with one attached hydrogen (secondary N) is 2. The lowest BCUT2D eigenvalue weighted by atomic mass is 10.1. The highest BCUT2D eigenvalue weighted by Crippen LogP contribution is 2.21. The van der Waals surface area contributed by atoms with Crippen molar-refractivity contribution >= 4 is 47.7 Å². The summed E-state index contributed by atoms with van der Waals surface area (Å²) in [5.41, 5.74) is 6.12. The van der Waals surface area contributed by atoms with Crippen molar-refractivity contribution in [2.75, 3.05) is 0 Å². The third kappa shape index (κ3) is 8.83. The summed E-state index contributed by atoms with van der Waals surface area (Å²) in [5.74, 6) is -0.602.